The van der Waals surface area contributed by atoms with E-state index in [0.29, 0.717) is 89.2 Å². The summed E-state index contributed by atoms with van der Waals surface area (Å²) in [4.78, 5) is 34.6. The van der Waals surface area contributed by atoms with Crippen molar-refractivity contribution in [1.29, 1.82) is 0 Å². The van der Waals surface area contributed by atoms with E-state index in [1.807, 2.05) is 17.0 Å². The van der Waals surface area contributed by atoms with Crippen LogP contribution >= 0.6 is 21.6 Å². The monoisotopic (exact) mass is 1300 g/mol. The zero-order valence-corrected chi connectivity index (χ0v) is 56.1. The first-order valence-electron chi connectivity index (χ1n) is 35.4. The van der Waals surface area contributed by atoms with E-state index in [-0.39, 0.29) is 88.0 Å². The van der Waals surface area contributed by atoms with Gasteiger partial charge in [0.05, 0.1) is 38.4 Å². The molecule has 16 heteroatoms. The number of carbonyl (C=O) groups is 2. The number of piperidine rings is 1. The minimum Gasteiger partial charge on any atom is -0.504 e. The number of phenolic OH excluding ortho intramolecular Hbond substituents is 1. The Labute approximate surface area is 563 Å². The SMILES string of the molecule is COc1cc2c(cc1O)CC1=CNC(N)C=C1C(Cc1cccc(CCc3ccccc3)c1)C1C#CN=C(N)NC3CC4=C5C=CCC(O)C5NC5CC6(CC7C8CCNCC8CC8C=CCNC87)CC(CCC6C56CCC(C3)C46CSSC1)CC(=O)CC(=O)C=C2CO. The lowest BCUT2D eigenvalue weighted by Crippen LogP contribution is -2.60. The number of allylic oxidation sites excluding steroid dienone is 3. The summed E-state index contributed by atoms with van der Waals surface area (Å²) in [5.41, 5.74) is 23.6. The van der Waals surface area contributed by atoms with E-state index in [2.05, 4.69) is 134 Å². The summed E-state index contributed by atoms with van der Waals surface area (Å²) in [6.45, 7) is 2.51. The summed E-state index contributed by atoms with van der Waals surface area (Å²) < 4.78 is 5.73. The Kier molecular flexibility index (Phi) is 18.3. The molecular weight excluding hydrogens is 1210 g/mol. The molecule has 8 heterocycles. The number of Topliss-reactive ketones (excluding diaryl/α,β-unsaturated/α-hetero) is 1. The third-order valence-corrected chi connectivity index (χ3v) is 28.0. The average Bonchev–Trinajstić information content (AvgIpc) is 1.48. The van der Waals surface area contributed by atoms with Crippen molar-refractivity contribution in [2.45, 2.75) is 152 Å². The Morgan fingerprint density at radius 1 is 0.936 bits per heavy atom. The van der Waals surface area contributed by atoms with Gasteiger partial charge in [0.2, 0.25) is 5.96 Å². The van der Waals surface area contributed by atoms with Crippen LogP contribution in [-0.2, 0) is 35.3 Å². The third kappa shape index (κ3) is 11.9. The molecule has 3 aromatic carbocycles. The van der Waals surface area contributed by atoms with Crippen molar-refractivity contribution in [3.05, 3.63) is 159 Å². The molecular formula is C78H96N8O6S2. The minimum absolute atomic E-state index is 0.0150. The number of benzene rings is 3. The highest BCUT2D eigenvalue weighted by molar-refractivity contribution is 8.76. The topological polar surface area (TPSA) is 229 Å². The van der Waals surface area contributed by atoms with Gasteiger partial charge in [0.15, 0.2) is 17.3 Å². The summed E-state index contributed by atoms with van der Waals surface area (Å²) in [6.07, 6.45) is 28.7. The molecule has 496 valence electrons. The number of guanidine groups is 1. The molecule has 94 heavy (non-hydrogen) atoms. The number of aromatic hydroxyl groups is 1. The van der Waals surface area contributed by atoms with Crippen molar-refractivity contribution in [1.82, 2.24) is 26.6 Å². The van der Waals surface area contributed by atoms with E-state index in [9.17, 15) is 24.9 Å². The number of hydrogen-bond acceptors (Lipinski definition) is 16. The Morgan fingerprint density at radius 3 is 2.67 bits per heavy atom. The van der Waals surface area contributed by atoms with Crippen LogP contribution < -0.4 is 42.8 Å². The number of nitrogens with two attached hydrogens (primary N) is 2. The molecule has 14 nitrogen and oxygen atoms in total. The van der Waals surface area contributed by atoms with Gasteiger partial charge in [-0.15, -0.1) is 0 Å². The minimum atomic E-state index is -0.577. The Morgan fingerprint density at radius 2 is 1.80 bits per heavy atom. The molecule has 7 bridgehead atoms. The number of nitrogens with one attached hydrogen (secondary N) is 5. The molecule has 0 aromatic heterocycles. The molecule has 12 N–H and O–H groups in total. The molecule has 14 aliphatic rings. The van der Waals surface area contributed by atoms with E-state index in [4.69, 9.17) is 21.2 Å². The lowest BCUT2D eigenvalue weighted by Gasteiger charge is -2.60. The fraction of sp³-hybridized carbons (Fsp3) is 0.551. The molecule has 6 aliphatic carbocycles. The zero-order valence-electron chi connectivity index (χ0n) is 54.5. The standard InChI is InChI=1S/C78H96N8O6S2/c1-92-69-36-62-52(32-68(69)91)30-54-42-84-72(79)37-64(54)63(28-48-11-5-10-47(26-48)16-15-46-8-3-2-4-9-46)51-20-25-83-75(80)85-57-33-56-19-22-77-70-18-17-49(27-58(88)35-59(89)31-55(62)43-87)38-76(70,39-65-60-21-24-81-41-53(60)29-50-12-7-23-82-73(50)65)40-71(77)86-74-61(13-6-14-67(74)90)66(34-57)78(56,77)45-94-93-44-51/h2-13,26,31-32,36-37,42,49-51,53,56-57,60,63,65,67,70-74,81-82,84,86-87,90-91H,14-19,21-24,27-30,33-35,38-41,43-45,79H2,1H3,(H3,80,83,85). The second-order valence-corrected chi connectivity index (χ2v) is 32.8. The lowest BCUT2D eigenvalue weighted by atomic mass is 9.46. The Bertz CT molecular complexity index is 3700. The molecule has 6 fully saturated rings. The van der Waals surface area contributed by atoms with E-state index >= 15 is 0 Å². The number of ketones is 2. The van der Waals surface area contributed by atoms with Gasteiger partial charge in [-0.05, 0) is 242 Å². The number of methoxy groups -OCH3 is 1. The summed E-state index contributed by atoms with van der Waals surface area (Å²) in [5, 5.41) is 55.3. The van der Waals surface area contributed by atoms with Gasteiger partial charge in [-0.2, -0.15) is 4.99 Å². The van der Waals surface area contributed by atoms with Crippen LogP contribution in [0, 0.1) is 81.5 Å². The number of aliphatic hydroxyl groups excluding tert-OH is 2. The van der Waals surface area contributed by atoms with Gasteiger partial charge in [0.25, 0.3) is 0 Å². The van der Waals surface area contributed by atoms with Gasteiger partial charge in [0, 0.05) is 72.1 Å². The largest absolute Gasteiger partial charge is 0.504 e. The van der Waals surface area contributed by atoms with Gasteiger partial charge >= 0.3 is 0 Å². The maximum absolute atomic E-state index is 15.0. The van der Waals surface area contributed by atoms with Gasteiger partial charge < -0.3 is 58.1 Å². The molecule has 0 amide bonds. The van der Waals surface area contributed by atoms with Crippen molar-refractivity contribution >= 4 is 44.7 Å². The lowest BCUT2D eigenvalue weighted by molar-refractivity contribution is -0.126. The van der Waals surface area contributed by atoms with Crippen molar-refractivity contribution in [3.8, 4) is 23.5 Å². The van der Waals surface area contributed by atoms with Crippen molar-refractivity contribution in [3.63, 3.8) is 0 Å². The van der Waals surface area contributed by atoms with Crippen LogP contribution in [0.15, 0.2) is 137 Å². The number of aliphatic imine (C=N–C) groups is 1. The number of dihydropyridines is 1. The van der Waals surface area contributed by atoms with Crippen LogP contribution in [-0.4, -0.2) is 114 Å². The highest BCUT2D eigenvalue weighted by Crippen LogP contribution is 2.80. The van der Waals surface area contributed by atoms with E-state index < -0.39 is 18.9 Å². The quantitative estimate of drug-likeness (QED) is 0.0416. The number of phenols is 1. The molecule has 1 saturated heterocycles. The number of hydrogen-bond donors (Lipinski definition) is 10. The first kappa shape index (κ1) is 64.1. The number of fused-ring (bicyclic) bond motifs is 10. The van der Waals surface area contributed by atoms with E-state index in [1.54, 1.807) is 12.1 Å². The first-order chi connectivity index (χ1) is 45.8. The smallest absolute Gasteiger partial charge is 0.202 e. The van der Waals surface area contributed by atoms with Crippen LogP contribution in [0.4, 0.5) is 0 Å². The van der Waals surface area contributed by atoms with Gasteiger partial charge in [-0.25, -0.2) is 0 Å². The maximum atomic E-state index is 15.0. The van der Waals surface area contributed by atoms with E-state index in [0.717, 1.165) is 107 Å². The highest BCUT2D eigenvalue weighted by atomic mass is 33.1. The van der Waals surface area contributed by atoms with Crippen molar-refractivity contribution in [2.75, 3.05) is 44.9 Å². The van der Waals surface area contributed by atoms with Gasteiger partial charge in [0.1, 0.15) is 5.78 Å². The zero-order chi connectivity index (χ0) is 64.3. The van der Waals surface area contributed by atoms with Crippen LogP contribution in [0.2, 0.25) is 0 Å². The average molecular weight is 1310 g/mol. The fourth-order valence-corrected chi connectivity index (χ4v) is 25.0. The fourth-order valence-electron chi connectivity index (χ4n) is 22.0. The molecule has 2 spiro atoms. The second-order valence-electron chi connectivity index (χ2n) is 30.3. The van der Waals surface area contributed by atoms with Crippen molar-refractivity contribution < 1.29 is 29.6 Å². The number of nitrogens with zero attached hydrogens (tertiary/aromatic N) is 1. The van der Waals surface area contributed by atoms with Crippen molar-refractivity contribution in [2.24, 2.45) is 86.0 Å². The summed E-state index contributed by atoms with van der Waals surface area (Å²) in [6, 6.07) is 26.6. The molecule has 0 radical (unpaired) electrons. The molecule has 3 aromatic rings. The Hall–Kier alpha value is -5.87. The Balaban J connectivity index is 0.892. The highest BCUT2D eigenvalue weighted by Gasteiger charge is 2.76. The molecule has 18 atom stereocenters. The normalized spacial score (nSPS) is 37.6. The number of aryl methyl sites for hydroxylation is 2. The van der Waals surface area contributed by atoms with Gasteiger partial charge in [-0.1, -0.05) is 112 Å². The summed E-state index contributed by atoms with van der Waals surface area (Å²) in [5.74, 6) is 7.86. The maximum Gasteiger partial charge on any atom is 0.202 e. The van der Waals surface area contributed by atoms with E-state index in [1.165, 1.54) is 53.9 Å². The number of aliphatic hydroxyl groups is 2. The number of carbonyl (C=O) groups excluding carboxylic acids is 2. The molecule has 8 aliphatic heterocycles. The van der Waals surface area contributed by atoms with Crippen LogP contribution in [0.3, 0.4) is 0 Å². The van der Waals surface area contributed by atoms with Crippen LogP contribution in [0.5, 0.6) is 11.5 Å². The summed E-state index contributed by atoms with van der Waals surface area (Å²) in [7, 11) is 5.50. The number of ether oxygens (including phenoxy) is 1. The summed E-state index contributed by atoms with van der Waals surface area (Å²) >= 11 is 0. The third-order valence-electron chi connectivity index (χ3n) is 25.5. The number of rotatable bonds is 9. The predicted octanol–water partition coefficient (Wildman–Crippen LogP) is 9.56. The van der Waals surface area contributed by atoms with Crippen LogP contribution in [0.1, 0.15) is 118 Å². The predicted molar refractivity (Wildman–Crippen MR) is 376 cm³/mol. The first-order valence-corrected chi connectivity index (χ1v) is 37.9. The molecule has 18 unspecified atom stereocenters. The molecule has 5 saturated carbocycles. The van der Waals surface area contributed by atoms with Crippen LogP contribution in [0.25, 0.3) is 5.57 Å². The molecule has 17 rings (SSSR count). The second kappa shape index (κ2) is 26.9. The van der Waals surface area contributed by atoms with Gasteiger partial charge in [-0.3, -0.25) is 9.59 Å².